The molecule has 0 spiro atoms. The number of hydrogen-bond acceptors (Lipinski definition) is 4. The highest BCUT2D eigenvalue weighted by Gasteiger charge is 2.33. The van der Waals surface area contributed by atoms with Gasteiger partial charge in [-0.1, -0.05) is 5.21 Å². The average molecular weight is 277 g/mol. The van der Waals surface area contributed by atoms with Crippen molar-refractivity contribution < 1.29 is 18.0 Å². The van der Waals surface area contributed by atoms with Crippen molar-refractivity contribution in [2.24, 2.45) is 0 Å². The Morgan fingerprint density at radius 3 is 2.74 bits per heavy atom. The largest absolute Gasteiger partial charge is 0.406 e. The van der Waals surface area contributed by atoms with Gasteiger partial charge in [-0.2, -0.15) is 13.2 Å². The second-order valence-electron chi connectivity index (χ2n) is 4.33. The molecule has 1 saturated heterocycles. The molecule has 1 fully saturated rings. The predicted octanol–water partition coefficient (Wildman–Crippen LogP) is 0.447. The van der Waals surface area contributed by atoms with Crippen LogP contribution < -0.4 is 5.32 Å². The third-order valence-electron chi connectivity index (χ3n) is 2.90. The summed E-state index contributed by atoms with van der Waals surface area (Å²) in [6.07, 6.45) is -3.02. The summed E-state index contributed by atoms with van der Waals surface area (Å²) in [7, 11) is 0. The maximum atomic E-state index is 12.3. The number of carbonyl (C=O) groups excluding carboxylic acids is 1. The van der Waals surface area contributed by atoms with Crippen molar-refractivity contribution in [3.05, 3.63) is 11.9 Å². The third kappa shape index (κ3) is 3.22. The minimum atomic E-state index is -4.42. The second kappa shape index (κ2) is 5.16. The lowest BCUT2D eigenvalue weighted by atomic mass is 10.2. The van der Waals surface area contributed by atoms with Crippen molar-refractivity contribution in [3.63, 3.8) is 0 Å². The Bertz CT molecular complexity index is 454. The van der Waals surface area contributed by atoms with Crippen molar-refractivity contribution in [2.45, 2.75) is 19.1 Å². The molecule has 0 aromatic carbocycles. The van der Waals surface area contributed by atoms with Gasteiger partial charge < -0.3 is 10.2 Å². The molecule has 0 aliphatic carbocycles. The summed E-state index contributed by atoms with van der Waals surface area (Å²) >= 11 is 0. The number of aromatic nitrogens is 3. The molecule has 1 N–H and O–H groups in total. The van der Waals surface area contributed by atoms with Crippen LogP contribution in [0.1, 0.15) is 23.5 Å². The van der Waals surface area contributed by atoms with E-state index in [-0.39, 0.29) is 18.3 Å². The quantitative estimate of drug-likeness (QED) is 0.868. The van der Waals surface area contributed by atoms with Gasteiger partial charge in [0.15, 0.2) is 5.69 Å². The molecule has 106 valence electrons. The van der Waals surface area contributed by atoms with Crippen molar-refractivity contribution in [1.29, 1.82) is 0 Å². The van der Waals surface area contributed by atoms with Gasteiger partial charge >= 0.3 is 6.18 Å². The molecule has 6 nitrogen and oxygen atoms in total. The predicted molar refractivity (Wildman–Crippen MR) is 59.6 cm³/mol. The Balaban J connectivity index is 2.06. The van der Waals surface area contributed by atoms with E-state index in [1.807, 2.05) is 0 Å². The van der Waals surface area contributed by atoms with E-state index in [4.69, 9.17) is 0 Å². The number of hydrogen-bond donors (Lipinski definition) is 1. The molecule has 1 aliphatic heterocycles. The van der Waals surface area contributed by atoms with E-state index in [9.17, 15) is 18.0 Å². The summed E-state index contributed by atoms with van der Waals surface area (Å²) in [5, 5.41) is 10.4. The molecule has 0 saturated carbocycles. The maximum absolute atomic E-state index is 12.3. The first-order chi connectivity index (χ1) is 8.90. The van der Waals surface area contributed by atoms with Crippen LogP contribution >= 0.6 is 0 Å². The van der Waals surface area contributed by atoms with E-state index in [0.717, 1.165) is 13.1 Å². The highest BCUT2D eigenvalue weighted by Crippen LogP contribution is 2.18. The zero-order chi connectivity index (χ0) is 14.0. The topological polar surface area (TPSA) is 63.1 Å². The van der Waals surface area contributed by atoms with Crippen LogP contribution in [0.3, 0.4) is 0 Å². The number of alkyl halides is 3. The lowest BCUT2D eigenvalue weighted by molar-refractivity contribution is -0.140. The fourth-order valence-corrected chi connectivity index (χ4v) is 1.72. The summed E-state index contributed by atoms with van der Waals surface area (Å²) in [5.74, 6) is -0.752. The minimum Gasteiger partial charge on any atom is -0.328 e. The highest BCUT2D eigenvalue weighted by molar-refractivity contribution is 5.91. The number of nitrogens with one attached hydrogen (secondary N) is 1. The Morgan fingerprint density at radius 2 is 2.26 bits per heavy atom. The maximum Gasteiger partial charge on any atom is 0.406 e. The van der Waals surface area contributed by atoms with E-state index in [1.165, 1.54) is 17.8 Å². The lowest BCUT2D eigenvalue weighted by Crippen LogP contribution is -2.43. The van der Waals surface area contributed by atoms with Crippen LogP contribution in [0.5, 0.6) is 0 Å². The minimum absolute atomic E-state index is 0.0316. The molecular formula is C10H14F3N5O. The highest BCUT2D eigenvalue weighted by atomic mass is 19.4. The second-order valence-corrected chi connectivity index (χ2v) is 4.33. The van der Waals surface area contributed by atoms with Crippen LogP contribution in [0.15, 0.2) is 6.20 Å². The zero-order valence-electron chi connectivity index (χ0n) is 10.3. The SMILES string of the molecule is CCN(CC(F)(F)F)C(=O)c1cn(C2CNC2)nn1. The van der Waals surface area contributed by atoms with E-state index in [1.54, 1.807) is 0 Å². The summed E-state index contributed by atoms with van der Waals surface area (Å²) in [4.78, 5) is 12.6. The van der Waals surface area contributed by atoms with Gasteiger partial charge in [0.2, 0.25) is 0 Å². The normalized spacial score (nSPS) is 16.2. The summed E-state index contributed by atoms with van der Waals surface area (Å²) in [6.45, 7) is 1.62. The van der Waals surface area contributed by atoms with Crippen molar-refractivity contribution >= 4 is 5.91 Å². The fraction of sp³-hybridized carbons (Fsp3) is 0.700. The molecule has 9 heteroatoms. The first-order valence-electron chi connectivity index (χ1n) is 5.89. The molecule has 0 atom stereocenters. The Morgan fingerprint density at radius 1 is 1.58 bits per heavy atom. The summed E-state index contributed by atoms with van der Waals surface area (Å²) in [5.41, 5.74) is -0.0574. The van der Waals surface area contributed by atoms with Gasteiger partial charge in [-0.05, 0) is 6.92 Å². The average Bonchev–Trinajstić information content (AvgIpc) is 2.70. The Kier molecular flexibility index (Phi) is 3.74. The molecule has 0 bridgehead atoms. The molecule has 19 heavy (non-hydrogen) atoms. The molecule has 1 aromatic heterocycles. The number of carbonyl (C=O) groups is 1. The molecule has 1 aliphatic rings. The van der Waals surface area contributed by atoms with Crippen LogP contribution in [0.25, 0.3) is 0 Å². The van der Waals surface area contributed by atoms with E-state index in [2.05, 4.69) is 15.6 Å². The van der Waals surface area contributed by atoms with Gasteiger partial charge in [0, 0.05) is 19.6 Å². The lowest BCUT2D eigenvalue weighted by Gasteiger charge is -2.26. The summed E-state index contributed by atoms with van der Waals surface area (Å²) < 4.78 is 38.5. The first-order valence-corrected chi connectivity index (χ1v) is 5.89. The Hall–Kier alpha value is -1.64. The van der Waals surface area contributed by atoms with E-state index < -0.39 is 18.6 Å². The van der Waals surface area contributed by atoms with Crippen molar-refractivity contribution in [3.8, 4) is 0 Å². The third-order valence-corrected chi connectivity index (χ3v) is 2.90. The van der Waals surface area contributed by atoms with Gasteiger partial charge in [0.25, 0.3) is 5.91 Å². The smallest absolute Gasteiger partial charge is 0.328 e. The monoisotopic (exact) mass is 277 g/mol. The van der Waals surface area contributed by atoms with Crippen molar-refractivity contribution in [2.75, 3.05) is 26.2 Å². The van der Waals surface area contributed by atoms with Crippen LogP contribution in [0, 0.1) is 0 Å². The van der Waals surface area contributed by atoms with Crippen LogP contribution in [0.4, 0.5) is 13.2 Å². The van der Waals surface area contributed by atoms with Crippen LogP contribution in [-0.4, -0.2) is 58.2 Å². The standard InChI is InChI=1S/C10H14F3N5O/c1-2-17(6-10(11,12)13)9(19)8-5-18(16-15-8)7-3-14-4-7/h5,7,14H,2-4,6H2,1H3. The van der Waals surface area contributed by atoms with Crippen LogP contribution in [0.2, 0.25) is 0 Å². The van der Waals surface area contributed by atoms with E-state index in [0.29, 0.717) is 4.90 Å². The molecule has 1 aromatic rings. The van der Waals surface area contributed by atoms with Gasteiger partial charge in [-0.15, -0.1) is 5.10 Å². The number of nitrogens with zero attached hydrogens (tertiary/aromatic N) is 4. The molecule has 2 rings (SSSR count). The van der Waals surface area contributed by atoms with Gasteiger partial charge in [-0.3, -0.25) is 4.79 Å². The van der Waals surface area contributed by atoms with Crippen molar-refractivity contribution in [1.82, 2.24) is 25.2 Å². The van der Waals surface area contributed by atoms with Gasteiger partial charge in [0.05, 0.1) is 12.2 Å². The Labute approximate surface area is 107 Å². The number of amides is 1. The van der Waals surface area contributed by atoms with Crippen LogP contribution in [-0.2, 0) is 0 Å². The van der Waals surface area contributed by atoms with Gasteiger partial charge in [0.1, 0.15) is 6.54 Å². The molecule has 2 heterocycles. The summed E-state index contributed by atoms with van der Waals surface area (Å²) in [6, 6.07) is 0.117. The number of rotatable bonds is 4. The van der Waals surface area contributed by atoms with Gasteiger partial charge in [-0.25, -0.2) is 4.68 Å². The molecular weight excluding hydrogens is 263 g/mol. The molecule has 1 amide bonds. The first kappa shape index (κ1) is 13.8. The number of halogens is 3. The van der Waals surface area contributed by atoms with E-state index >= 15 is 0 Å². The molecule has 0 unspecified atom stereocenters. The zero-order valence-corrected chi connectivity index (χ0v) is 10.3. The molecule has 0 radical (unpaired) electrons. The fourth-order valence-electron chi connectivity index (χ4n) is 1.72.